The van der Waals surface area contributed by atoms with Crippen molar-refractivity contribution in [3.63, 3.8) is 0 Å². The summed E-state index contributed by atoms with van der Waals surface area (Å²) < 4.78 is 0. The molecule has 3 aliphatic heterocycles. The third kappa shape index (κ3) is 2.70. The van der Waals surface area contributed by atoms with Gasteiger partial charge in [-0.05, 0) is 58.2 Å². The smallest absolute Gasteiger partial charge is 0.0151 e. The van der Waals surface area contributed by atoms with Crippen molar-refractivity contribution in [3.05, 3.63) is 0 Å². The van der Waals surface area contributed by atoms with E-state index in [1.807, 2.05) is 0 Å². The Labute approximate surface area is 118 Å². The SMILES string of the molecule is CCNC1CC2CCC(C1)N2C1CCN(C)CC1C. The van der Waals surface area contributed by atoms with Crippen molar-refractivity contribution >= 4 is 0 Å². The minimum absolute atomic E-state index is 0.792. The highest BCUT2D eigenvalue weighted by Gasteiger charge is 2.45. The molecule has 0 radical (unpaired) electrons. The van der Waals surface area contributed by atoms with E-state index in [9.17, 15) is 0 Å². The largest absolute Gasteiger partial charge is 0.314 e. The number of hydrogen-bond donors (Lipinski definition) is 1. The zero-order chi connectivity index (χ0) is 13.4. The lowest BCUT2D eigenvalue weighted by Crippen LogP contribution is -2.57. The average molecular weight is 265 g/mol. The summed E-state index contributed by atoms with van der Waals surface area (Å²) in [6, 6.07) is 3.40. The molecule has 0 spiro atoms. The molecule has 3 heterocycles. The van der Waals surface area contributed by atoms with E-state index < -0.39 is 0 Å². The van der Waals surface area contributed by atoms with Crippen molar-refractivity contribution in [3.8, 4) is 0 Å². The van der Waals surface area contributed by atoms with Gasteiger partial charge < -0.3 is 10.2 Å². The molecule has 0 aliphatic carbocycles. The first-order chi connectivity index (χ1) is 9.19. The summed E-state index contributed by atoms with van der Waals surface area (Å²) in [5.41, 5.74) is 0. The fourth-order valence-corrected chi connectivity index (χ4v) is 4.99. The van der Waals surface area contributed by atoms with Gasteiger partial charge in [0.25, 0.3) is 0 Å². The monoisotopic (exact) mass is 265 g/mol. The van der Waals surface area contributed by atoms with Gasteiger partial charge in [0, 0.05) is 30.7 Å². The van der Waals surface area contributed by atoms with Crippen molar-refractivity contribution < 1.29 is 0 Å². The number of nitrogens with zero attached hydrogens (tertiary/aromatic N) is 2. The molecule has 3 rings (SSSR count). The summed E-state index contributed by atoms with van der Waals surface area (Å²) in [5, 5.41) is 3.69. The van der Waals surface area contributed by atoms with E-state index in [1.54, 1.807) is 0 Å². The zero-order valence-electron chi connectivity index (χ0n) is 12.9. The molecule has 0 aromatic rings. The summed E-state index contributed by atoms with van der Waals surface area (Å²) in [5.74, 6) is 0.845. The zero-order valence-corrected chi connectivity index (χ0v) is 12.9. The maximum atomic E-state index is 3.69. The standard InChI is InChI=1S/C16H31N3/c1-4-17-13-9-14-5-6-15(10-13)19(14)16-7-8-18(3)11-12(16)2/h12-17H,4-11H2,1-3H3. The van der Waals surface area contributed by atoms with Crippen LogP contribution in [-0.2, 0) is 0 Å². The third-order valence-corrected chi connectivity index (χ3v) is 5.73. The quantitative estimate of drug-likeness (QED) is 0.841. The minimum Gasteiger partial charge on any atom is -0.314 e. The fraction of sp³-hybridized carbons (Fsp3) is 1.00. The van der Waals surface area contributed by atoms with Crippen molar-refractivity contribution in [2.75, 3.05) is 26.7 Å². The van der Waals surface area contributed by atoms with Crippen LogP contribution in [0.5, 0.6) is 0 Å². The van der Waals surface area contributed by atoms with Gasteiger partial charge in [0.15, 0.2) is 0 Å². The van der Waals surface area contributed by atoms with Crippen LogP contribution in [0.3, 0.4) is 0 Å². The predicted octanol–water partition coefficient (Wildman–Crippen LogP) is 1.93. The third-order valence-electron chi connectivity index (χ3n) is 5.73. The molecular formula is C16H31N3. The Kier molecular flexibility index (Phi) is 4.16. The second-order valence-corrected chi connectivity index (χ2v) is 7.15. The van der Waals surface area contributed by atoms with Crippen LogP contribution >= 0.6 is 0 Å². The van der Waals surface area contributed by atoms with Crippen LogP contribution in [0.2, 0.25) is 0 Å². The van der Waals surface area contributed by atoms with Gasteiger partial charge >= 0.3 is 0 Å². The lowest BCUT2D eigenvalue weighted by Gasteiger charge is -2.48. The second-order valence-electron chi connectivity index (χ2n) is 7.15. The van der Waals surface area contributed by atoms with E-state index in [-0.39, 0.29) is 0 Å². The highest BCUT2D eigenvalue weighted by Crippen LogP contribution is 2.40. The second kappa shape index (κ2) is 5.71. The van der Waals surface area contributed by atoms with Crippen LogP contribution < -0.4 is 5.32 Å². The Morgan fingerprint density at radius 3 is 2.37 bits per heavy atom. The van der Waals surface area contributed by atoms with Crippen LogP contribution in [0.4, 0.5) is 0 Å². The highest BCUT2D eigenvalue weighted by molar-refractivity contribution is 5.01. The first-order valence-corrected chi connectivity index (χ1v) is 8.38. The Morgan fingerprint density at radius 1 is 1.11 bits per heavy atom. The van der Waals surface area contributed by atoms with Crippen molar-refractivity contribution in [1.29, 1.82) is 0 Å². The van der Waals surface area contributed by atoms with Gasteiger partial charge in [0.2, 0.25) is 0 Å². The summed E-state index contributed by atoms with van der Waals surface area (Å²) in [6.07, 6.45) is 7.07. The Morgan fingerprint density at radius 2 is 1.79 bits per heavy atom. The van der Waals surface area contributed by atoms with Gasteiger partial charge in [-0.2, -0.15) is 0 Å². The van der Waals surface area contributed by atoms with Gasteiger partial charge in [-0.1, -0.05) is 13.8 Å². The van der Waals surface area contributed by atoms with Crippen molar-refractivity contribution in [2.24, 2.45) is 5.92 Å². The van der Waals surface area contributed by atoms with Gasteiger partial charge in [-0.15, -0.1) is 0 Å². The van der Waals surface area contributed by atoms with Gasteiger partial charge in [-0.3, -0.25) is 4.90 Å². The molecule has 0 aromatic heterocycles. The van der Waals surface area contributed by atoms with Crippen LogP contribution in [-0.4, -0.2) is 60.6 Å². The molecule has 3 nitrogen and oxygen atoms in total. The molecule has 0 aromatic carbocycles. The molecule has 3 fully saturated rings. The topological polar surface area (TPSA) is 18.5 Å². The number of nitrogens with one attached hydrogen (secondary N) is 1. The fourth-order valence-electron chi connectivity index (χ4n) is 4.99. The number of hydrogen-bond acceptors (Lipinski definition) is 3. The molecule has 2 bridgehead atoms. The molecule has 0 saturated carbocycles. The highest BCUT2D eigenvalue weighted by atomic mass is 15.3. The van der Waals surface area contributed by atoms with E-state index in [0.29, 0.717) is 0 Å². The minimum atomic E-state index is 0.792. The first-order valence-electron chi connectivity index (χ1n) is 8.38. The number of piperidine rings is 2. The molecule has 4 atom stereocenters. The summed E-state index contributed by atoms with van der Waals surface area (Å²) in [7, 11) is 2.28. The number of likely N-dealkylation sites (tertiary alicyclic amines) is 1. The molecular weight excluding hydrogens is 234 g/mol. The van der Waals surface area contributed by atoms with E-state index in [4.69, 9.17) is 0 Å². The molecule has 3 heteroatoms. The molecule has 4 unspecified atom stereocenters. The van der Waals surface area contributed by atoms with Gasteiger partial charge in [0.05, 0.1) is 0 Å². The van der Waals surface area contributed by atoms with E-state index >= 15 is 0 Å². The molecule has 19 heavy (non-hydrogen) atoms. The predicted molar refractivity (Wildman–Crippen MR) is 80.4 cm³/mol. The van der Waals surface area contributed by atoms with Gasteiger partial charge in [-0.25, -0.2) is 0 Å². The molecule has 110 valence electrons. The summed E-state index contributed by atoms with van der Waals surface area (Å²) in [4.78, 5) is 5.46. The molecule has 3 saturated heterocycles. The molecule has 0 amide bonds. The van der Waals surface area contributed by atoms with Crippen molar-refractivity contribution in [2.45, 2.75) is 70.1 Å². The normalized spacial score (nSPS) is 44.7. The lowest BCUT2D eigenvalue weighted by atomic mass is 9.87. The van der Waals surface area contributed by atoms with Crippen LogP contribution in [0.1, 0.15) is 46.0 Å². The van der Waals surface area contributed by atoms with Crippen LogP contribution in [0.15, 0.2) is 0 Å². The number of fused-ring (bicyclic) bond motifs is 2. The Hall–Kier alpha value is -0.120. The van der Waals surface area contributed by atoms with E-state index in [0.717, 1.165) is 36.6 Å². The van der Waals surface area contributed by atoms with E-state index in [1.165, 1.54) is 45.2 Å². The summed E-state index contributed by atoms with van der Waals surface area (Å²) >= 11 is 0. The Balaban J connectivity index is 1.66. The van der Waals surface area contributed by atoms with Gasteiger partial charge in [0.1, 0.15) is 0 Å². The van der Waals surface area contributed by atoms with E-state index in [2.05, 4.69) is 36.0 Å². The maximum Gasteiger partial charge on any atom is 0.0151 e. The molecule has 3 aliphatic rings. The number of rotatable bonds is 3. The van der Waals surface area contributed by atoms with Crippen LogP contribution in [0.25, 0.3) is 0 Å². The van der Waals surface area contributed by atoms with Crippen LogP contribution in [0, 0.1) is 5.92 Å². The molecule has 1 N–H and O–H groups in total. The van der Waals surface area contributed by atoms with Crippen molar-refractivity contribution in [1.82, 2.24) is 15.1 Å². The Bertz CT molecular complexity index is 292. The first kappa shape index (κ1) is 13.8. The summed E-state index contributed by atoms with van der Waals surface area (Å²) in [6.45, 7) is 8.43. The lowest BCUT2D eigenvalue weighted by molar-refractivity contribution is 0.00985. The average Bonchev–Trinajstić information content (AvgIpc) is 2.63. The maximum absolute atomic E-state index is 3.69.